The molecular weight excluding hydrogens is 222 g/mol. The van der Waals surface area contributed by atoms with Crippen molar-refractivity contribution in [1.29, 1.82) is 0 Å². The number of nitrogens with one attached hydrogen (secondary N) is 1. The molecule has 1 aromatic rings. The molecule has 18 heavy (non-hydrogen) atoms. The molecule has 0 amide bonds. The van der Waals surface area contributed by atoms with Crippen molar-refractivity contribution in [3.05, 3.63) is 29.8 Å². The van der Waals surface area contributed by atoms with Gasteiger partial charge in [-0.2, -0.15) is 0 Å². The van der Waals surface area contributed by atoms with Gasteiger partial charge in [0.2, 0.25) is 0 Å². The highest BCUT2D eigenvalue weighted by Gasteiger charge is 2.00. The van der Waals surface area contributed by atoms with Crippen molar-refractivity contribution >= 4 is 0 Å². The Labute approximate surface area is 112 Å². The Balaban J connectivity index is 2.17. The van der Waals surface area contributed by atoms with Crippen molar-refractivity contribution in [2.24, 2.45) is 0 Å². The largest absolute Gasteiger partial charge is 0.494 e. The highest BCUT2D eigenvalue weighted by atomic mass is 16.5. The van der Waals surface area contributed by atoms with Crippen LogP contribution in [-0.2, 0) is 0 Å². The number of hydrogen-bond acceptors (Lipinski definition) is 2. The first-order valence-corrected chi connectivity index (χ1v) is 7.11. The Morgan fingerprint density at radius 1 is 1.11 bits per heavy atom. The van der Waals surface area contributed by atoms with E-state index in [4.69, 9.17) is 4.74 Å². The topological polar surface area (TPSA) is 21.3 Å². The van der Waals surface area contributed by atoms with Crippen LogP contribution >= 0.6 is 0 Å². The molecule has 1 rings (SSSR count). The predicted molar refractivity (Wildman–Crippen MR) is 78.4 cm³/mol. The van der Waals surface area contributed by atoms with Crippen LogP contribution in [0.4, 0.5) is 0 Å². The summed E-state index contributed by atoms with van der Waals surface area (Å²) < 4.78 is 5.79. The van der Waals surface area contributed by atoms with Gasteiger partial charge in [-0.1, -0.05) is 38.8 Å². The lowest BCUT2D eigenvalue weighted by molar-refractivity contribution is 0.304. The van der Waals surface area contributed by atoms with Gasteiger partial charge in [0.25, 0.3) is 0 Å². The maximum Gasteiger partial charge on any atom is 0.119 e. The number of unbranched alkanes of at least 4 members (excludes halogenated alkanes) is 3. The Bertz CT molecular complexity index is 323. The quantitative estimate of drug-likeness (QED) is 0.669. The monoisotopic (exact) mass is 249 g/mol. The van der Waals surface area contributed by atoms with Gasteiger partial charge in [-0.15, -0.1) is 0 Å². The van der Waals surface area contributed by atoms with Gasteiger partial charge >= 0.3 is 0 Å². The molecule has 2 nitrogen and oxygen atoms in total. The molecule has 1 aromatic carbocycles. The Morgan fingerprint density at radius 3 is 2.61 bits per heavy atom. The van der Waals surface area contributed by atoms with Crippen LogP contribution in [0.2, 0.25) is 0 Å². The lowest BCUT2D eigenvalue weighted by Crippen LogP contribution is -2.07. The molecule has 0 spiro atoms. The van der Waals surface area contributed by atoms with Crippen molar-refractivity contribution < 1.29 is 4.74 Å². The number of rotatable bonds is 9. The second-order valence-corrected chi connectivity index (χ2v) is 5.09. The first-order valence-electron chi connectivity index (χ1n) is 7.11. The van der Waals surface area contributed by atoms with E-state index in [9.17, 15) is 0 Å². The highest BCUT2D eigenvalue weighted by molar-refractivity contribution is 5.30. The van der Waals surface area contributed by atoms with E-state index in [1.54, 1.807) is 0 Å². The van der Waals surface area contributed by atoms with Gasteiger partial charge in [-0.3, -0.25) is 0 Å². The lowest BCUT2D eigenvalue weighted by Gasteiger charge is -2.10. The van der Waals surface area contributed by atoms with Crippen molar-refractivity contribution in [2.75, 3.05) is 20.2 Å². The SMILES string of the molecule is CNCCCCCCOc1cccc(C(C)C)c1. The van der Waals surface area contributed by atoms with Crippen LogP contribution < -0.4 is 10.1 Å². The van der Waals surface area contributed by atoms with Gasteiger partial charge in [-0.05, 0) is 50.0 Å². The molecule has 0 saturated heterocycles. The first kappa shape index (κ1) is 15.0. The molecule has 0 radical (unpaired) electrons. The molecular formula is C16H27NO. The van der Waals surface area contributed by atoms with E-state index in [1.165, 1.54) is 24.8 Å². The summed E-state index contributed by atoms with van der Waals surface area (Å²) in [6, 6.07) is 8.45. The summed E-state index contributed by atoms with van der Waals surface area (Å²) in [5, 5.41) is 3.17. The number of ether oxygens (including phenoxy) is 1. The third-order valence-electron chi connectivity index (χ3n) is 3.11. The second-order valence-electron chi connectivity index (χ2n) is 5.09. The van der Waals surface area contributed by atoms with Crippen LogP contribution in [0.25, 0.3) is 0 Å². The van der Waals surface area contributed by atoms with Crippen LogP contribution in [0.1, 0.15) is 51.0 Å². The van der Waals surface area contributed by atoms with Gasteiger partial charge in [0.05, 0.1) is 6.61 Å². The zero-order valence-electron chi connectivity index (χ0n) is 12.0. The number of benzene rings is 1. The van der Waals surface area contributed by atoms with Gasteiger partial charge in [0.15, 0.2) is 0 Å². The summed E-state index contributed by atoms with van der Waals surface area (Å²) in [4.78, 5) is 0. The fourth-order valence-corrected chi connectivity index (χ4v) is 1.91. The van der Waals surface area contributed by atoms with Crippen molar-refractivity contribution in [2.45, 2.75) is 45.4 Å². The molecule has 0 saturated carbocycles. The number of hydrogen-bond donors (Lipinski definition) is 1. The summed E-state index contributed by atoms with van der Waals surface area (Å²) in [6.07, 6.45) is 4.96. The zero-order chi connectivity index (χ0) is 13.2. The van der Waals surface area contributed by atoms with Crippen molar-refractivity contribution in [1.82, 2.24) is 5.32 Å². The third kappa shape index (κ3) is 6.06. The normalized spacial score (nSPS) is 10.9. The standard InChI is InChI=1S/C16H27NO/c1-14(2)15-9-8-10-16(13-15)18-12-7-5-4-6-11-17-3/h8-10,13-14,17H,4-7,11-12H2,1-3H3. The lowest BCUT2D eigenvalue weighted by atomic mass is 10.0. The molecule has 0 aliphatic heterocycles. The summed E-state index contributed by atoms with van der Waals surface area (Å²) in [7, 11) is 2.00. The van der Waals surface area contributed by atoms with E-state index in [0.717, 1.165) is 25.3 Å². The highest BCUT2D eigenvalue weighted by Crippen LogP contribution is 2.20. The minimum absolute atomic E-state index is 0.565. The second kappa shape index (κ2) is 8.98. The van der Waals surface area contributed by atoms with E-state index in [0.29, 0.717) is 5.92 Å². The maximum atomic E-state index is 5.79. The molecule has 0 fully saturated rings. The molecule has 0 aliphatic rings. The summed E-state index contributed by atoms with van der Waals surface area (Å²) in [5.74, 6) is 1.58. The van der Waals surface area contributed by atoms with Crippen LogP contribution in [0.15, 0.2) is 24.3 Å². The van der Waals surface area contributed by atoms with Crippen LogP contribution in [0, 0.1) is 0 Å². The van der Waals surface area contributed by atoms with Gasteiger partial charge < -0.3 is 10.1 Å². The van der Waals surface area contributed by atoms with E-state index < -0.39 is 0 Å². The fraction of sp³-hybridized carbons (Fsp3) is 0.625. The van der Waals surface area contributed by atoms with Crippen molar-refractivity contribution in [3.63, 3.8) is 0 Å². The van der Waals surface area contributed by atoms with Crippen LogP contribution in [-0.4, -0.2) is 20.2 Å². The maximum absolute atomic E-state index is 5.79. The van der Waals surface area contributed by atoms with E-state index >= 15 is 0 Å². The van der Waals surface area contributed by atoms with Crippen LogP contribution in [0.5, 0.6) is 5.75 Å². The summed E-state index contributed by atoms with van der Waals surface area (Å²) in [6.45, 7) is 6.38. The minimum Gasteiger partial charge on any atom is -0.494 e. The first-order chi connectivity index (χ1) is 8.74. The Hall–Kier alpha value is -1.02. The molecule has 1 N–H and O–H groups in total. The average Bonchev–Trinajstić information content (AvgIpc) is 2.38. The molecule has 102 valence electrons. The van der Waals surface area contributed by atoms with Gasteiger partial charge in [-0.25, -0.2) is 0 Å². The van der Waals surface area contributed by atoms with Crippen LogP contribution in [0.3, 0.4) is 0 Å². The summed E-state index contributed by atoms with van der Waals surface area (Å²) in [5.41, 5.74) is 1.35. The van der Waals surface area contributed by atoms with Crippen molar-refractivity contribution in [3.8, 4) is 5.75 Å². The Morgan fingerprint density at radius 2 is 1.89 bits per heavy atom. The molecule has 0 heterocycles. The molecule has 0 atom stereocenters. The van der Waals surface area contributed by atoms with Gasteiger partial charge in [0.1, 0.15) is 5.75 Å². The molecule has 0 aromatic heterocycles. The molecule has 0 aliphatic carbocycles. The van der Waals surface area contributed by atoms with E-state index in [-0.39, 0.29) is 0 Å². The molecule has 0 bridgehead atoms. The zero-order valence-corrected chi connectivity index (χ0v) is 12.0. The van der Waals surface area contributed by atoms with Gasteiger partial charge in [0, 0.05) is 0 Å². The van der Waals surface area contributed by atoms with E-state index in [1.807, 2.05) is 13.1 Å². The average molecular weight is 249 g/mol. The van der Waals surface area contributed by atoms with E-state index in [2.05, 4.69) is 37.4 Å². The molecule has 2 heteroatoms. The molecule has 0 unspecified atom stereocenters. The summed E-state index contributed by atoms with van der Waals surface area (Å²) >= 11 is 0. The fourth-order valence-electron chi connectivity index (χ4n) is 1.91. The third-order valence-corrected chi connectivity index (χ3v) is 3.11. The smallest absolute Gasteiger partial charge is 0.119 e. The minimum atomic E-state index is 0.565. The predicted octanol–water partition coefficient (Wildman–Crippen LogP) is 3.97. The Kier molecular flexibility index (Phi) is 7.51.